The second-order valence-corrected chi connectivity index (χ2v) is 6.76. The summed E-state index contributed by atoms with van der Waals surface area (Å²) in [5, 5.41) is 0. The maximum Gasteiger partial charge on any atom is 0.243 e. The molecule has 4 nitrogen and oxygen atoms in total. The molecule has 19 heavy (non-hydrogen) atoms. The Morgan fingerprint density at radius 2 is 2.11 bits per heavy atom. The van der Waals surface area contributed by atoms with Crippen LogP contribution in [0.5, 0.6) is 0 Å². The molecule has 1 aromatic carbocycles. The summed E-state index contributed by atoms with van der Waals surface area (Å²) in [7, 11) is -3.66. The summed E-state index contributed by atoms with van der Waals surface area (Å²) in [4.78, 5) is -0.00231. The molecule has 6 heteroatoms. The standard InChI is InChI=1S/C13H19FN2O2S/c1-2-16(9-10-3-4-10)19(17,18)13-7-12(14)6-5-11(13)8-15/h5-7,10H,2-4,8-9,15H2,1H3. The van der Waals surface area contributed by atoms with Crippen LogP contribution >= 0.6 is 0 Å². The lowest BCUT2D eigenvalue weighted by Crippen LogP contribution is -2.33. The van der Waals surface area contributed by atoms with Crippen LogP contribution in [0.3, 0.4) is 0 Å². The Morgan fingerprint density at radius 3 is 2.63 bits per heavy atom. The van der Waals surface area contributed by atoms with Crippen LogP contribution in [0.1, 0.15) is 25.3 Å². The van der Waals surface area contributed by atoms with E-state index in [-0.39, 0.29) is 11.4 Å². The van der Waals surface area contributed by atoms with Gasteiger partial charge in [-0.25, -0.2) is 12.8 Å². The highest BCUT2D eigenvalue weighted by Gasteiger charge is 2.31. The van der Waals surface area contributed by atoms with E-state index in [0.717, 1.165) is 18.9 Å². The lowest BCUT2D eigenvalue weighted by Gasteiger charge is -2.21. The number of nitrogens with zero attached hydrogens (tertiary/aromatic N) is 1. The Bertz CT molecular complexity index is 556. The van der Waals surface area contributed by atoms with Gasteiger partial charge in [-0.1, -0.05) is 13.0 Å². The highest BCUT2D eigenvalue weighted by atomic mass is 32.2. The molecule has 2 N–H and O–H groups in total. The van der Waals surface area contributed by atoms with Gasteiger partial charge in [0, 0.05) is 19.6 Å². The predicted molar refractivity (Wildman–Crippen MR) is 71.4 cm³/mol. The molecule has 0 spiro atoms. The quantitative estimate of drug-likeness (QED) is 0.866. The smallest absolute Gasteiger partial charge is 0.243 e. The summed E-state index contributed by atoms with van der Waals surface area (Å²) in [5.74, 6) is -0.108. The van der Waals surface area contributed by atoms with Gasteiger partial charge in [0.25, 0.3) is 0 Å². The summed E-state index contributed by atoms with van der Waals surface area (Å²) < 4.78 is 39.9. The summed E-state index contributed by atoms with van der Waals surface area (Å²) in [6.45, 7) is 2.77. The minimum absolute atomic E-state index is 0.00231. The molecule has 1 aromatic rings. The van der Waals surface area contributed by atoms with Gasteiger partial charge in [0.05, 0.1) is 4.90 Å². The fraction of sp³-hybridized carbons (Fsp3) is 0.538. The van der Waals surface area contributed by atoms with Crippen molar-refractivity contribution in [1.82, 2.24) is 4.31 Å². The van der Waals surface area contributed by atoms with Crippen molar-refractivity contribution >= 4 is 10.0 Å². The Hall–Kier alpha value is -0.980. The molecule has 1 aliphatic rings. The van der Waals surface area contributed by atoms with E-state index < -0.39 is 15.8 Å². The normalized spacial score (nSPS) is 16.0. The molecule has 0 aromatic heterocycles. The first kappa shape index (κ1) is 14.4. The van der Waals surface area contributed by atoms with Crippen LogP contribution in [-0.4, -0.2) is 25.8 Å². The molecule has 2 rings (SSSR count). The lowest BCUT2D eigenvalue weighted by molar-refractivity contribution is 0.411. The molecule has 1 aliphatic carbocycles. The molecule has 0 radical (unpaired) electrons. The van der Waals surface area contributed by atoms with E-state index in [4.69, 9.17) is 5.73 Å². The van der Waals surface area contributed by atoms with Crippen LogP contribution in [0.2, 0.25) is 0 Å². The summed E-state index contributed by atoms with van der Waals surface area (Å²) in [5.41, 5.74) is 6.00. The van der Waals surface area contributed by atoms with Gasteiger partial charge in [-0.2, -0.15) is 4.31 Å². The minimum atomic E-state index is -3.66. The number of halogens is 1. The maximum atomic E-state index is 13.3. The van der Waals surface area contributed by atoms with Crippen molar-refractivity contribution in [2.45, 2.75) is 31.2 Å². The van der Waals surface area contributed by atoms with Crippen molar-refractivity contribution in [1.29, 1.82) is 0 Å². The van der Waals surface area contributed by atoms with Gasteiger partial charge >= 0.3 is 0 Å². The fourth-order valence-corrected chi connectivity index (χ4v) is 3.83. The fourth-order valence-electron chi connectivity index (χ4n) is 2.06. The summed E-state index contributed by atoms with van der Waals surface area (Å²) in [6, 6.07) is 3.73. The van der Waals surface area contributed by atoms with E-state index in [2.05, 4.69) is 0 Å². The number of hydrogen-bond donors (Lipinski definition) is 1. The van der Waals surface area contributed by atoms with E-state index in [0.29, 0.717) is 24.6 Å². The van der Waals surface area contributed by atoms with E-state index in [1.54, 1.807) is 6.92 Å². The molecule has 0 unspecified atom stereocenters. The van der Waals surface area contributed by atoms with Crippen LogP contribution < -0.4 is 5.73 Å². The van der Waals surface area contributed by atoms with Crippen LogP contribution in [0.25, 0.3) is 0 Å². The molecular weight excluding hydrogens is 267 g/mol. The third kappa shape index (κ3) is 3.13. The van der Waals surface area contributed by atoms with Gasteiger partial charge < -0.3 is 5.73 Å². The second-order valence-electron chi connectivity index (χ2n) is 4.86. The van der Waals surface area contributed by atoms with E-state index in [1.807, 2.05) is 0 Å². The van der Waals surface area contributed by atoms with E-state index in [1.165, 1.54) is 16.4 Å². The zero-order valence-electron chi connectivity index (χ0n) is 11.0. The zero-order valence-corrected chi connectivity index (χ0v) is 11.8. The highest BCUT2D eigenvalue weighted by molar-refractivity contribution is 7.89. The maximum absolute atomic E-state index is 13.3. The number of benzene rings is 1. The topological polar surface area (TPSA) is 63.4 Å². The number of hydrogen-bond acceptors (Lipinski definition) is 3. The molecule has 1 fully saturated rings. The second kappa shape index (κ2) is 5.56. The van der Waals surface area contributed by atoms with Crippen LogP contribution in [0.4, 0.5) is 4.39 Å². The number of rotatable bonds is 6. The predicted octanol–water partition coefficient (Wildman–Crippen LogP) is 1.71. The van der Waals surface area contributed by atoms with Crippen molar-refractivity contribution in [3.8, 4) is 0 Å². The largest absolute Gasteiger partial charge is 0.326 e. The van der Waals surface area contributed by atoms with Gasteiger partial charge in [-0.15, -0.1) is 0 Å². The first-order valence-corrected chi connectivity index (χ1v) is 7.91. The van der Waals surface area contributed by atoms with Crippen LogP contribution in [0.15, 0.2) is 23.1 Å². The average molecular weight is 286 g/mol. The van der Waals surface area contributed by atoms with Crippen molar-refractivity contribution in [3.05, 3.63) is 29.6 Å². The Morgan fingerprint density at radius 1 is 1.42 bits per heavy atom. The van der Waals surface area contributed by atoms with Gasteiger partial charge in [0.1, 0.15) is 5.82 Å². The Labute approximate surface area is 113 Å². The van der Waals surface area contributed by atoms with Crippen molar-refractivity contribution in [2.75, 3.05) is 13.1 Å². The van der Waals surface area contributed by atoms with E-state index in [9.17, 15) is 12.8 Å². The monoisotopic (exact) mass is 286 g/mol. The van der Waals surface area contributed by atoms with Crippen molar-refractivity contribution < 1.29 is 12.8 Å². The Kier molecular flexibility index (Phi) is 4.23. The highest BCUT2D eigenvalue weighted by Crippen LogP contribution is 2.32. The molecule has 106 valence electrons. The number of nitrogens with two attached hydrogens (primary N) is 1. The van der Waals surface area contributed by atoms with Gasteiger partial charge in [-0.05, 0) is 36.5 Å². The molecule has 0 saturated heterocycles. The summed E-state index contributed by atoms with van der Waals surface area (Å²) >= 11 is 0. The van der Waals surface area contributed by atoms with Crippen molar-refractivity contribution in [2.24, 2.45) is 11.7 Å². The van der Waals surface area contributed by atoms with Gasteiger partial charge in [0.15, 0.2) is 0 Å². The third-order valence-electron chi connectivity index (χ3n) is 3.38. The van der Waals surface area contributed by atoms with Gasteiger partial charge in [-0.3, -0.25) is 0 Å². The SMILES string of the molecule is CCN(CC1CC1)S(=O)(=O)c1cc(F)ccc1CN. The number of sulfonamides is 1. The van der Waals surface area contributed by atoms with Crippen LogP contribution in [-0.2, 0) is 16.6 Å². The zero-order chi connectivity index (χ0) is 14.0. The van der Waals surface area contributed by atoms with Crippen molar-refractivity contribution in [3.63, 3.8) is 0 Å². The lowest BCUT2D eigenvalue weighted by atomic mass is 10.2. The molecular formula is C13H19FN2O2S. The van der Waals surface area contributed by atoms with Gasteiger partial charge in [0.2, 0.25) is 10.0 Å². The summed E-state index contributed by atoms with van der Waals surface area (Å²) in [6.07, 6.45) is 2.14. The molecule has 0 atom stereocenters. The average Bonchev–Trinajstić information content (AvgIpc) is 3.19. The third-order valence-corrected chi connectivity index (χ3v) is 5.40. The van der Waals surface area contributed by atoms with E-state index >= 15 is 0 Å². The minimum Gasteiger partial charge on any atom is -0.326 e. The first-order chi connectivity index (χ1) is 8.98. The molecule has 1 saturated carbocycles. The Balaban J connectivity index is 2.38. The molecule has 0 bridgehead atoms. The first-order valence-electron chi connectivity index (χ1n) is 6.47. The molecule has 0 amide bonds. The molecule has 0 heterocycles. The van der Waals surface area contributed by atoms with Crippen LogP contribution in [0, 0.1) is 11.7 Å². The molecule has 0 aliphatic heterocycles.